The molecule has 0 unspecified atom stereocenters. The summed E-state index contributed by atoms with van der Waals surface area (Å²) in [5.74, 6) is -1.46. The number of carboxylic acid groups (broad SMARTS) is 1. The van der Waals surface area contributed by atoms with Gasteiger partial charge in [0.1, 0.15) is 5.56 Å². The Bertz CT molecular complexity index is 1080. The molecule has 0 aliphatic carbocycles. The number of imide groups is 1. The van der Waals surface area contributed by atoms with Crippen LogP contribution in [0.25, 0.3) is 6.08 Å². The van der Waals surface area contributed by atoms with E-state index in [1.165, 1.54) is 26.4 Å². The van der Waals surface area contributed by atoms with Crippen LogP contribution in [0.5, 0.6) is 11.5 Å². The van der Waals surface area contributed by atoms with Gasteiger partial charge in [0.25, 0.3) is 11.1 Å². The standard InChI is InChI=1S/C23H24N2O6S/c1-5-24(6-2)15-8-10-16(11-9-15)25-21(26)18(32-23(25)29)13-14-7-12-17(30-3)20(31-4)19(14)22(27)28/h7-13H,5-6H2,1-4H3,(H,27,28)/b18-13+. The Morgan fingerprint density at radius 1 is 1.06 bits per heavy atom. The normalized spacial score (nSPS) is 14.8. The molecule has 0 radical (unpaired) electrons. The van der Waals surface area contributed by atoms with E-state index in [0.29, 0.717) is 5.69 Å². The number of carboxylic acids is 1. The summed E-state index contributed by atoms with van der Waals surface area (Å²) in [5.41, 5.74) is 1.54. The number of benzene rings is 2. The van der Waals surface area contributed by atoms with Gasteiger partial charge in [0.15, 0.2) is 11.5 Å². The van der Waals surface area contributed by atoms with E-state index in [4.69, 9.17) is 9.47 Å². The highest BCUT2D eigenvalue weighted by Crippen LogP contribution is 2.39. The van der Waals surface area contributed by atoms with Gasteiger partial charge in [0.05, 0.1) is 24.8 Å². The van der Waals surface area contributed by atoms with Crippen LogP contribution in [0.2, 0.25) is 0 Å². The molecule has 1 saturated heterocycles. The maximum Gasteiger partial charge on any atom is 0.340 e. The lowest BCUT2D eigenvalue weighted by atomic mass is 10.0. The molecule has 1 N–H and O–H groups in total. The van der Waals surface area contributed by atoms with Crippen LogP contribution in [-0.2, 0) is 4.79 Å². The Morgan fingerprint density at radius 3 is 2.25 bits per heavy atom. The summed E-state index contributed by atoms with van der Waals surface area (Å²) in [4.78, 5) is 40.9. The van der Waals surface area contributed by atoms with Gasteiger partial charge in [0.2, 0.25) is 0 Å². The van der Waals surface area contributed by atoms with Crippen molar-refractivity contribution in [1.82, 2.24) is 0 Å². The van der Waals surface area contributed by atoms with Gasteiger partial charge in [-0.05, 0) is 67.6 Å². The van der Waals surface area contributed by atoms with E-state index in [1.54, 1.807) is 18.2 Å². The number of carbonyl (C=O) groups excluding carboxylic acids is 2. The number of anilines is 2. The van der Waals surface area contributed by atoms with E-state index < -0.39 is 17.1 Å². The van der Waals surface area contributed by atoms with Gasteiger partial charge in [-0.3, -0.25) is 9.59 Å². The number of amides is 2. The van der Waals surface area contributed by atoms with Crippen molar-refractivity contribution in [2.75, 3.05) is 37.1 Å². The third-order valence-electron chi connectivity index (χ3n) is 5.11. The number of hydrogen-bond acceptors (Lipinski definition) is 7. The number of thioether (sulfide) groups is 1. The Kier molecular flexibility index (Phi) is 7.09. The van der Waals surface area contributed by atoms with Crippen molar-refractivity contribution in [3.05, 3.63) is 52.4 Å². The molecule has 0 spiro atoms. The Morgan fingerprint density at radius 2 is 1.72 bits per heavy atom. The monoisotopic (exact) mass is 456 g/mol. The van der Waals surface area contributed by atoms with Crippen molar-refractivity contribution in [3.8, 4) is 11.5 Å². The summed E-state index contributed by atoms with van der Waals surface area (Å²) in [6, 6.07) is 10.3. The Balaban J connectivity index is 1.97. The van der Waals surface area contributed by atoms with Crippen LogP contribution in [0, 0.1) is 0 Å². The van der Waals surface area contributed by atoms with E-state index in [2.05, 4.69) is 18.7 Å². The summed E-state index contributed by atoms with van der Waals surface area (Å²) in [6.45, 7) is 5.80. The van der Waals surface area contributed by atoms with Crippen LogP contribution in [0.15, 0.2) is 41.3 Å². The highest BCUT2D eigenvalue weighted by atomic mass is 32.2. The lowest BCUT2D eigenvalue weighted by Gasteiger charge is -2.22. The average Bonchev–Trinajstić information content (AvgIpc) is 3.07. The number of aromatic carboxylic acids is 1. The second kappa shape index (κ2) is 9.78. The zero-order chi connectivity index (χ0) is 23.4. The predicted molar refractivity (Wildman–Crippen MR) is 125 cm³/mol. The summed E-state index contributed by atoms with van der Waals surface area (Å²) in [5, 5.41) is 9.24. The second-order valence-corrected chi connectivity index (χ2v) is 7.77. The van der Waals surface area contributed by atoms with E-state index >= 15 is 0 Å². The molecule has 2 aromatic carbocycles. The molecular weight excluding hydrogens is 432 g/mol. The second-order valence-electron chi connectivity index (χ2n) is 6.78. The van der Waals surface area contributed by atoms with Gasteiger partial charge in [-0.25, -0.2) is 9.69 Å². The summed E-state index contributed by atoms with van der Waals surface area (Å²) in [6.07, 6.45) is 1.39. The van der Waals surface area contributed by atoms with Crippen molar-refractivity contribution >= 4 is 46.3 Å². The molecule has 1 heterocycles. The minimum Gasteiger partial charge on any atom is -0.493 e. The van der Waals surface area contributed by atoms with Crippen LogP contribution in [0.1, 0.15) is 29.8 Å². The van der Waals surface area contributed by atoms with Crippen molar-refractivity contribution in [3.63, 3.8) is 0 Å². The largest absolute Gasteiger partial charge is 0.493 e. The molecule has 0 bridgehead atoms. The lowest BCUT2D eigenvalue weighted by molar-refractivity contribution is -0.113. The van der Waals surface area contributed by atoms with Gasteiger partial charge in [-0.2, -0.15) is 0 Å². The molecule has 2 aromatic rings. The van der Waals surface area contributed by atoms with Crippen molar-refractivity contribution < 1.29 is 29.0 Å². The summed E-state index contributed by atoms with van der Waals surface area (Å²) >= 11 is 0.758. The zero-order valence-corrected chi connectivity index (χ0v) is 19.1. The Labute approximate surface area is 190 Å². The maximum atomic E-state index is 13.0. The number of ether oxygens (including phenoxy) is 2. The predicted octanol–water partition coefficient (Wildman–Crippen LogP) is 4.49. The topological polar surface area (TPSA) is 96.4 Å². The SMILES string of the molecule is CCN(CC)c1ccc(N2C(=O)S/C(=C/c3ccc(OC)c(OC)c3C(=O)O)C2=O)cc1. The van der Waals surface area contributed by atoms with Crippen molar-refractivity contribution in [2.45, 2.75) is 13.8 Å². The summed E-state index contributed by atoms with van der Waals surface area (Å²) in [7, 11) is 2.74. The third kappa shape index (κ3) is 4.29. The fourth-order valence-electron chi connectivity index (χ4n) is 3.52. The fraction of sp³-hybridized carbons (Fsp3) is 0.261. The molecule has 0 atom stereocenters. The van der Waals surface area contributed by atoms with Crippen molar-refractivity contribution in [2.24, 2.45) is 0 Å². The van der Waals surface area contributed by atoms with Gasteiger partial charge < -0.3 is 19.5 Å². The minimum atomic E-state index is -1.24. The quantitative estimate of drug-likeness (QED) is 0.581. The number of nitrogens with zero attached hydrogens (tertiary/aromatic N) is 2. The first-order valence-electron chi connectivity index (χ1n) is 9.97. The number of methoxy groups -OCH3 is 2. The first kappa shape index (κ1) is 23.2. The first-order valence-corrected chi connectivity index (χ1v) is 10.8. The van der Waals surface area contributed by atoms with Crippen LogP contribution in [0.3, 0.4) is 0 Å². The van der Waals surface area contributed by atoms with Crippen molar-refractivity contribution in [1.29, 1.82) is 0 Å². The highest BCUT2D eigenvalue weighted by Gasteiger charge is 2.36. The molecule has 8 nitrogen and oxygen atoms in total. The van der Waals surface area contributed by atoms with Crippen LogP contribution < -0.4 is 19.3 Å². The average molecular weight is 457 g/mol. The molecule has 1 aliphatic heterocycles. The summed E-state index contributed by atoms with van der Waals surface area (Å²) < 4.78 is 10.4. The molecular formula is C23H24N2O6S. The van der Waals surface area contributed by atoms with E-state index in [-0.39, 0.29) is 27.5 Å². The molecule has 32 heavy (non-hydrogen) atoms. The van der Waals surface area contributed by atoms with Crippen LogP contribution in [-0.4, -0.2) is 49.5 Å². The smallest absolute Gasteiger partial charge is 0.340 e. The van der Waals surface area contributed by atoms with E-state index in [0.717, 1.165) is 35.4 Å². The molecule has 1 fully saturated rings. The number of hydrogen-bond donors (Lipinski definition) is 1. The van der Waals surface area contributed by atoms with Gasteiger partial charge in [-0.15, -0.1) is 0 Å². The molecule has 3 rings (SSSR count). The molecule has 0 aromatic heterocycles. The minimum absolute atomic E-state index is 0.0416. The fourth-order valence-corrected chi connectivity index (χ4v) is 4.35. The molecule has 168 valence electrons. The van der Waals surface area contributed by atoms with Crippen LogP contribution in [0.4, 0.5) is 16.2 Å². The van der Waals surface area contributed by atoms with E-state index in [1.807, 2.05) is 12.1 Å². The highest BCUT2D eigenvalue weighted by molar-refractivity contribution is 8.19. The third-order valence-corrected chi connectivity index (χ3v) is 5.98. The number of rotatable bonds is 8. The number of carbonyl (C=O) groups is 3. The van der Waals surface area contributed by atoms with E-state index in [9.17, 15) is 19.5 Å². The van der Waals surface area contributed by atoms with Crippen LogP contribution >= 0.6 is 11.8 Å². The maximum absolute atomic E-state index is 13.0. The van der Waals surface area contributed by atoms with Gasteiger partial charge in [-0.1, -0.05) is 6.07 Å². The van der Waals surface area contributed by atoms with Gasteiger partial charge in [0, 0.05) is 18.8 Å². The first-order chi connectivity index (χ1) is 15.4. The molecule has 9 heteroatoms. The lowest BCUT2D eigenvalue weighted by Crippen LogP contribution is -2.28. The Hall–Kier alpha value is -3.46. The molecule has 1 aliphatic rings. The molecule has 0 saturated carbocycles. The van der Waals surface area contributed by atoms with Gasteiger partial charge >= 0.3 is 5.97 Å². The zero-order valence-electron chi connectivity index (χ0n) is 18.2. The molecule has 2 amide bonds.